The van der Waals surface area contributed by atoms with Crippen LogP contribution in [0.2, 0.25) is 0 Å². The first-order chi connectivity index (χ1) is 32.8. The fourth-order valence-electron chi connectivity index (χ4n) is 12.0. The van der Waals surface area contributed by atoms with Crippen LogP contribution in [0.25, 0.3) is 88.0 Å². The van der Waals surface area contributed by atoms with Crippen LogP contribution in [0, 0.1) is 0 Å². The first kappa shape index (κ1) is 39.4. The Morgan fingerprint density at radius 1 is 0.269 bits per heavy atom. The van der Waals surface area contributed by atoms with Crippen LogP contribution in [0.4, 0.5) is 17.1 Å². The van der Waals surface area contributed by atoms with Gasteiger partial charge in [0.15, 0.2) is 0 Å². The van der Waals surface area contributed by atoms with E-state index in [9.17, 15) is 0 Å². The van der Waals surface area contributed by atoms with Crippen LogP contribution in [0.1, 0.15) is 49.9 Å². The number of anilines is 3. The SMILES string of the molecule is CC1(C)c2ccccc2-c2ccc(N(c3ccc4c(c3)C(C)(C)c3ccccc3-4)c3ccc4c(c3)c3ccccc3c3c(-c5ccccc5)cc(-c5ccccc5)c(-c5ccccc5)c43)cc21. The van der Waals surface area contributed by atoms with Gasteiger partial charge in [-0.25, -0.2) is 0 Å². The summed E-state index contributed by atoms with van der Waals surface area (Å²) in [5.74, 6) is 0. The van der Waals surface area contributed by atoms with Crippen LogP contribution in [0.5, 0.6) is 0 Å². The van der Waals surface area contributed by atoms with E-state index in [4.69, 9.17) is 0 Å². The molecule has 11 aromatic carbocycles. The van der Waals surface area contributed by atoms with Crippen molar-refractivity contribution >= 4 is 49.4 Å². The summed E-state index contributed by atoms with van der Waals surface area (Å²) < 4.78 is 0. The van der Waals surface area contributed by atoms with Gasteiger partial charge < -0.3 is 4.90 Å². The van der Waals surface area contributed by atoms with Crippen LogP contribution < -0.4 is 4.90 Å². The van der Waals surface area contributed by atoms with Gasteiger partial charge in [-0.1, -0.05) is 210 Å². The van der Waals surface area contributed by atoms with Gasteiger partial charge in [0.25, 0.3) is 0 Å². The van der Waals surface area contributed by atoms with Crippen LogP contribution >= 0.6 is 0 Å². The van der Waals surface area contributed by atoms with Crippen molar-refractivity contribution in [1.82, 2.24) is 0 Å². The smallest absolute Gasteiger partial charge is 0.0468 e. The first-order valence-corrected chi connectivity index (χ1v) is 23.7. The zero-order chi connectivity index (χ0) is 45.0. The van der Waals surface area contributed by atoms with Crippen molar-refractivity contribution in [2.75, 3.05) is 4.90 Å². The summed E-state index contributed by atoms with van der Waals surface area (Å²) in [5, 5.41) is 7.51. The van der Waals surface area contributed by atoms with Crippen LogP contribution in [0.15, 0.2) is 224 Å². The Morgan fingerprint density at radius 2 is 0.687 bits per heavy atom. The molecule has 318 valence electrons. The number of benzene rings is 11. The molecule has 0 saturated heterocycles. The lowest BCUT2D eigenvalue weighted by atomic mass is 9.81. The second-order valence-electron chi connectivity index (χ2n) is 19.6. The normalized spacial score (nSPS) is 13.9. The Bertz CT molecular complexity index is 3680. The van der Waals surface area contributed by atoms with Gasteiger partial charge in [0.1, 0.15) is 0 Å². The van der Waals surface area contributed by atoms with Gasteiger partial charge in [0.2, 0.25) is 0 Å². The van der Waals surface area contributed by atoms with E-state index in [0.29, 0.717) is 0 Å². The lowest BCUT2D eigenvalue weighted by molar-refractivity contribution is 0.660. The van der Waals surface area contributed by atoms with Gasteiger partial charge in [-0.15, -0.1) is 0 Å². The highest BCUT2D eigenvalue weighted by molar-refractivity contribution is 6.33. The molecule has 0 atom stereocenters. The Balaban J connectivity index is 1.12. The van der Waals surface area contributed by atoms with Crippen molar-refractivity contribution < 1.29 is 0 Å². The number of fused-ring (bicyclic) bond motifs is 12. The minimum Gasteiger partial charge on any atom is -0.310 e. The number of hydrogen-bond acceptors (Lipinski definition) is 1. The standard InChI is InChI=1S/C66H49N/c1-65(2)58-30-18-16-27-49(58)51-35-32-46(39-60(51)65)67(47-33-36-52-50-28-17-19-31-59(50)66(3,4)61(52)40-47)45-34-37-54-57(38-45)48-26-14-15-29-53(48)63-56(43-22-10-6-11-23-43)41-55(42-20-8-5-9-21-42)62(64(54)63)44-24-12-7-13-25-44/h5-41H,1-4H3. The molecule has 0 fully saturated rings. The van der Waals surface area contributed by atoms with Gasteiger partial charge in [0.05, 0.1) is 0 Å². The molecule has 0 bridgehead atoms. The average Bonchev–Trinajstić information content (AvgIpc) is 3.75. The molecule has 13 rings (SSSR count). The topological polar surface area (TPSA) is 3.24 Å². The van der Waals surface area contributed by atoms with Crippen molar-refractivity contribution in [1.29, 1.82) is 0 Å². The number of hydrogen-bond donors (Lipinski definition) is 0. The van der Waals surface area contributed by atoms with Crippen molar-refractivity contribution in [3.05, 3.63) is 247 Å². The molecular formula is C66H49N. The van der Waals surface area contributed by atoms with E-state index in [0.717, 1.165) is 17.1 Å². The monoisotopic (exact) mass is 855 g/mol. The average molecular weight is 856 g/mol. The fraction of sp³-hybridized carbons (Fsp3) is 0.0909. The van der Waals surface area contributed by atoms with Crippen molar-refractivity contribution in [2.24, 2.45) is 0 Å². The molecule has 0 N–H and O–H groups in total. The predicted octanol–water partition coefficient (Wildman–Crippen LogP) is 18.2. The molecule has 0 spiro atoms. The summed E-state index contributed by atoms with van der Waals surface area (Å²) >= 11 is 0. The summed E-state index contributed by atoms with van der Waals surface area (Å²) in [6, 6.07) is 84.0. The van der Waals surface area contributed by atoms with E-state index >= 15 is 0 Å². The zero-order valence-electron chi connectivity index (χ0n) is 38.3. The zero-order valence-corrected chi connectivity index (χ0v) is 38.3. The fourth-order valence-corrected chi connectivity index (χ4v) is 12.0. The predicted molar refractivity (Wildman–Crippen MR) is 285 cm³/mol. The van der Waals surface area contributed by atoms with Crippen LogP contribution in [0.3, 0.4) is 0 Å². The highest BCUT2D eigenvalue weighted by atomic mass is 15.1. The summed E-state index contributed by atoms with van der Waals surface area (Å²) in [6.07, 6.45) is 0. The quantitative estimate of drug-likeness (QED) is 0.151. The number of nitrogens with zero attached hydrogens (tertiary/aromatic N) is 1. The van der Waals surface area contributed by atoms with Gasteiger partial charge in [0, 0.05) is 27.9 Å². The summed E-state index contributed by atoms with van der Waals surface area (Å²) in [5.41, 5.74) is 21.3. The largest absolute Gasteiger partial charge is 0.310 e. The molecule has 0 heterocycles. The number of rotatable bonds is 6. The maximum Gasteiger partial charge on any atom is 0.0468 e. The van der Waals surface area contributed by atoms with E-state index < -0.39 is 0 Å². The van der Waals surface area contributed by atoms with E-state index in [-0.39, 0.29) is 10.8 Å². The van der Waals surface area contributed by atoms with E-state index in [1.54, 1.807) is 0 Å². The van der Waals surface area contributed by atoms with Crippen molar-refractivity contribution in [2.45, 2.75) is 38.5 Å². The first-order valence-electron chi connectivity index (χ1n) is 23.7. The molecule has 11 aromatic rings. The third kappa shape index (κ3) is 5.87. The molecule has 67 heavy (non-hydrogen) atoms. The van der Waals surface area contributed by atoms with Crippen molar-refractivity contribution in [3.63, 3.8) is 0 Å². The molecule has 0 unspecified atom stereocenters. The van der Waals surface area contributed by atoms with Gasteiger partial charge in [-0.2, -0.15) is 0 Å². The van der Waals surface area contributed by atoms with Gasteiger partial charge in [-0.05, 0) is 153 Å². The van der Waals surface area contributed by atoms with Crippen molar-refractivity contribution in [3.8, 4) is 55.6 Å². The molecule has 1 nitrogen and oxygen atoms in total. The molecule has 0 aromatic heterocycles. The Labute approximate surface area is 393 Å². The lowest BCUT2D eigenvalue weighted by Crippen LogP contribution is -2.18. The van der Waals surface area contributed by atoms with Crippen LogP contribution in [-0.4, -0.2) is 0 Å². The third-order valence-corrected chi connectivity index (χ3v) is 15.2. The minimum absolute atomic E-state index is 0.144. The summed E-state index contributed by atoms with van der Waals surface area (Å²) in [7, 11) is 0. The molecule has 2 aliphatic rings. The third-order valence-electron chi connectivity index (χ3n) is 15.2. The molecule has 0 saturated carbocycles. The Hall–Kier alpha value is -8.00. The Morgan fingerprint density at radius 3 is 1.25 bits per heavy atom. The van der Waals surface area contributed by atoms with Gasteiger partial charge >= 0.3 is 0 Å². The molecular weight excluding hydrogens is 807 g/mol. The summed E-state index contributed by atoms with van der Waals surface area (Å²) in [6.45, 7) is 9.52. The minimum atomic E-state index is -0.144. The molecule has 2 aliphatic carbocycles. The molecule has 0 radical (unpaired) electrons. The second kappa shape index (κ2) is 14.8. The highest BCUT2D eigenvalue weighted by Crippen LogP contribution is 2.55. The molecule has 0 amide bonds. The summed E-state index contributed by atoms with van der Waals surface area (Å²) in [4.78, 5) is 2.52. The van der Waals surface area contributed by atoms with Crippen LogP contribution in [-0.2, 0) is 10.8 Å². The second-order valence-corrected chi connectivity index (χ2v) is 19.6. The lowest BCUT2D eigenvalue weighted by Gasteiger charge is -2.30. The highest BCUT2D eigenvalue weighted by Gasteiger charge is 2.38. The van der Waals surface area contributed by atoms with E-state index in [1.165, 1.54) is 110 Å². The maximum atomic E-state index is 2.52. The van der Waals surface area contributed by atoms with Gasteiger partial charge in [-0.3, -0.25) is 0 Å². The molecule has 1 heteroatoms. The van der Waals surface area contributed by atoms with E-state index in [1.807, 2.05) is 0 Å². The maximum absolute atomic E-state index is 2.52. The Kier molecular flexibility index (Phi) is 8.67. The molecule has 0 aliphatic heterocycles. The van der Waals surface area contributed by atoms with E-state index in [2.05, 4.69) is 257 Å².